The number of hydrogen-bond donors (Lipinski definition) is 1. The van der Waals surface area contributed by atoms with E-state index in [1.165, 1.54) is 0 Å². The molecule has 0 saturated heterocycles. The lowest BCUT2D eigenvalue weighted by Crippen LogP contribution is -2.19. The van der Waals surface area contributed by atoms with Crippen molar-refractivity contribution in [2.75, 3.05) is 0 Å². The Bertz CT molecular complexity index is 549. The third-order valence-corrected chi connectivity index (χ3v) is 3.99. The molecule has 88 valence electrons. The third-order valence-electron chi connectivity index (χ3n) is 3.04. The van der Waals surface area contributed by atoms with Crippen LogP contribution >= 0.6 is 11.3 Å². The molecule has 0 spiro atoms. The number of aromatic nitrogens is 3. The molecule has 0 radical (unpaired) electrons. The van der Waals surface area contributed by atoms with Crippen molar-refractivity contribution >= 4 is 11.3 Å². The zero-order valence-electron chi connectivity index (χ0n) is 9.68. The van der Waals surface area contributed by atoms with E-state index >= 15 is 0 Å². The minimum absolute atomic E-state index is 0.103. The number of thiazole rings is 1. The van der Waals surface area contributed by atoms with Crippen LogP contribution in [0.5, 0.6) is 0 Å². The SMILES string of the molecule is Cc1csc(-c2ncc3c(n2)CCCC3N)n1. The van der Waals surface area contributed by atoms with Crippen LogP contribution in [0.2, 0.25) is 0 Å². The quantitative estimate of drug-likeness (QED) is 0.838. The molecule has 1 aliphatic carbocycles. The van der Waals surface area contributed by atoms with Crippen molar-refractivity contribution in [3.63, 3.8) is 0 Å². The normalized spacial score (nSPS) is 19.1. The van der Waals surface area contributed by atoms with Crippen molar-refractivity contribution in [1.29, 1.82) is 0 Å². The topological polar surface area (TPSA) is 64.7 Å². The average Bonchev–Trinajstić information content (AvgIpc) is 2.76. The first-order valence-corrected chi connectivity index (χ1v) is 6.66. The average molecular weight is 246 g/mol. The van der Waals surface area contributed by atoms with Gasteiger partial charge in [0.15, 0.2) is 10.8 Å². The molecule has 5 heteroatoms. The van der Waals surface area contributed by atoms with Gasteiger partial charge in [-0.25, -0.2) is 15.0 Å². The minimum Gasteiger partial charge on any atom is -0.324 e. The molecule has 3 rings (SSSR count). The Hall–Kier alpha value is -1.33. The maximum absolute atomic E-state index is 6.05. The van der Waals surface area contributed by atoms with Crippen LogP contribution < -0.4 is 5.73 Å². The number of nitrogens with two attached hydrogens (primary N) is 1. The van der Waals surface area contributed by atoms with Gasteiger partial charge in [0.1, 0.15) is 0 Å². The molecule has 0 bridgehead atoms. The van der Waals surface area contributed by atoms with Gasteiger partial charge in [-0.2, -0.15) is 0 Å². The molecule has 2 heterocycles. The number of rotatable bonds is 1. The second-order valence-corrected chi connectivity index (χ2v) is 5.25. The van der Waals surface area contributed by atoms with Gasteiger partial charge in [0, 0.05) is 34.6 Å². The first-order valence-electron chi connectivity index (χ1n) is 5.78. The lowest BCUT2D eigenvalue weighted by Gasteiger charge is -2.20. The maximum Gasteiger partial charge on any atom is 0.188 e. The van der Waals surface area contributed by atoms with Crippen LogP contribution in [0.1, 0.15) is 35.8 Å². The van der Waals surface area contributed by atoms with E-state index in [1.807, 2.05) is 18.5 Å². The van der Waals surface area contributed by atoms with E-state index in [0.717, 1.165) is 47.0 Å². The van der Waals surface area contributed by atoms with Crippen LogP contribution in [-0.2, 0) is 6.42 Å². The van der Waals surface area contributed by atoms with Crippen molar-refractivity contribution in [2.24, 2.45) is 5.73 Å². The Morgan fingerprint density at radius 1 is 1.41 bits per heavy atom. The summed E-state index contributed by atoms with van der Waals surface area (Å²) >= 11 is 1.59. The van der Waals surface area contributed by atoms with Gasteiger partial charge in [0.25, 0.3) is 0 Å². The standard InChI is InChI=1S/C12H14N4S/c1-7-6-17-12(15-7)11-14-5-8-9(13)3-2-4-10(8)16-11/h5-6,9H,2-4,13H2,1H3. The summed E-state index contributed by atoms with van der Waals surface area (Å²) in [6.07, 6.45) is 5.02. The summed E-state index contributed by atoms with van der Waals surface area (Å²) < 4.78 is 0. The van der Waals surface area contributed by atoms with Gasteiger partial charge in [-0.1, -0.05) is 0 Å². The predicted molar refractivity (Wildman–Crippen MR) is 67.7 cm³/mol. The summed E-state index contributed by atoms with van der Waals surface area (Å²) in [5.41, 5.74) is 9.27. The fraction of sp³-hybridized carbons (Fsp3) is 0.417. The molecule has 0 fully saturated rings. The molecule has 1 aliphatic rings. The van der Waals surface area contributed by atoms with E-state index in [1.54, 1.807) is 11.3 Å². The summed E-state index contributed by atoms with van der Waals surface area (Å²) in [5, 5.41) is 2.91. The Kier molecular flexibility index (Phi) is 2.64. The van der Waals surface area contributed by atoms with Crippen LogP contribution in [0.3, 0.4) is 0 Å². The Morgan fingerprint density at radius 2 is 2.29 bits per heavy atom. The highest BCUT2D eigenvalue weighted by atomic mass is 32.1. The predicted octanol–water partition coefficient (Wildman–Crippen LogP) is 2.24. The molecule has 2 N–H and O–H groups in total. The second-order valence-electron chi connectivity index (χ2n) is 4.39. The largest absolute Gasteiger partial charge is 0.324 e. The van der Waals surface area contributed by atoms with Gasteiger partial charge in [0.05, 0.1) is 0 Å². The minimum atomic E-state index is 0.103. The number of fused-ring (bicyclic) bond motifs is 1. The Balaban J connectivity index is 2.03. The lowest BCUT2D eigenvalue weighted by atomic mass is 9.93. The van der Waals surface area contributed by atoms with Crippen LogP contribution in [0.25, 0.3) is 10.8 Å². The molecule has 1 atom stereocenters. The molecule has 17 heavy (non-hydrogen) atoms. The molecular weight excluding hydrogens is 232 g/mol. The number of aryl methyl sites for hydroxylation is 2. The zero-order chi connectivity index (χ0) is 11.8. The molecule has 0 aliphatic heterocycles. The van der Waals surface area contributed by atoms with E-state index in [4.69, 9.17) is 5.73 Å². The molecular formula is C12H14N4S. The van der Waals surface area contributed by atoms with Gasteiger partial charge in [-0.15, -0.1) is 11.3 Å². The zero-order valence-corrected chi connectivity index (χ0v) is 10.5. The summed E-state index contributed by atoms with van der Waals surface area (Å²) in [5.74, 6) is 0.732. The summed E-state index contributed by atoms with van der Waals surface area (Å²) in [7, 11) is 0. The molecule has 0 amide bonds. The van der Waals surface area contributed by atoms with Crippen LogP contribution in [0.15, 0.2) is 11.6 Å². The van der Waals surface area contributed by atoms with Crippen molar-refractivity contribution in [3.05, 3.63) is 28.5 Å². The van der Waals surface area contributed by atoms with Gasteiger partial charge >= 0.3 is 0 Å². The Labute approximate surface area is 104 Å². The number of hydrogen-bond acceptors (Lipinski definition) is 5. The molecule has 0 aromatic carbocycles. The molecule has 2 aromatic rings. The Morgan fingerprint density at radius 3 is 3.06 bits per heavy atom. The fourth-order valence-corrected chi connectivity index (χ4v) is 2.88. The summed E-state index contributed by atoms with van der Waals surface area (Å²) in [6.45, 7) is 1.98. The van der Waals surface area contributed by atoms with Gasteiger partial charge in [-0.05, 0) is 26.2 Å². The monoisotopic (exact) mass is 246 g/mol. The number of nitrogens with zero attached hydrogens (tertiary/aromatic N) is 3. The lowest BCUT2D eigenvalue weighted by molar-refractivity contribution is 0.557. The highest BCUT2D eigenvalue weighted by molar-refractivity contribution is 7.13. The first kappa shape index (κ1) is 10.8. The smallest absolute Gasteiger partial charge is 0.188 e. The molecule has 2 aromatic heterocycles. The fourth-order valence-electron chi connectivity index (χ4n) is 2.14. The van der Waals surface area contributed by atoms with E-state index in [0.29, 0.717) is 0 Å². The van der Waals surface area contributed by atoms with Crippen molar-refractivity contribution in [2.45, 2.75) is 32.2 Å². The van der Waals surface area contributed by atoms with Crippen molar-refractivity contribution < 1.29 is 0 Å². The van der Waals surface area contributed by atoms with E-state index in [2.05, 4.69) is 15.0 Å². The van der Waals surface area contributed by atoms with E-state index in [-0.39, 0.29) is 6.04 Å². The second kappa shape index (κ2) is 4.16. The highest BCUT2D eigenvalue weighted by Crippen LogP contribution is 2.28. The molecule has 1 unspecified atom stereocenters. The van der Waals surface area contributed by atoms with Crippen molar-refractivity contribution in [3.8, 4) is 10.8 Å². The highest BCUT2D eigenvalue weighted by Gasteiger charge is 2.19. The van der Waals surface area contributed by atoms with Crippen molar-refractivity contribution in [1.82, 2.24) is 15.0 Å². The van der Waals surface area contributed by atoms with E-state index < -0.39 is 0 Å². The van der Waals surface area contributed by atoms with Gasteiger partial charge in [0.2, 0.25) is 0 Å². The van der Waals surface area contributed by atoms with Crippen LogP contribution in [-0.4, -0.2) is 15.0 Å². The third kappa shape index (κ3) is 1.96. The van der Waals surface area contributed by atoms with Crippen LogP contribution in [0.4, 0.5) is 0 Å². The summed E-state index contributed by atoms with van der Waals surface area (Å²) in [6, 6.07) is 0.103. The van der Waals surface area contributed by atoms with Crippen LogP contribution in [0, 0.1) is 6.92 Å². The molecule has 4 nitrogen and oxygen atoms in total. The first-order chi connectivity index (χ1) is 8.24. The summed E-state index contributed by atoms with van der Waals surface area (Å²) in [4.78, 5) is 13.4. The van der Waals surface area contributed by atoms with E-state index in [9.17, 15) is 0 Å². The molecule has 0 saturated carbocycles. The van der Waals surface area contributed by atoms with Gasteiger partial charge in [-0.3, -0.25) is 0 Å². The van der Waals surface area contributed by atoms with Gasteiger partial charge < -0.3 is 5.73 Å². The maximum atomic E-state index is 6.05.